The van der Waals surface area contributed by atoms with Gasteiger partial charge >= 0.3 is 0 Å². The fraction of sp³-hybridized carbons (Fsp3) is 0.450. The van der Waals surface area contributed by atoms with Crippen molar-refractivity contribution in [3.8, 4) is 5.75 Å². The molecule has 1 aliphatic rings. The molecule has 1 aliphatic heterocycles. The molecule has 3 rings (SSSR count). The molecule has 7 heteroatoms. The Labute approximate surface area is 158 Å². The molecule has 0 atom stereocenters. The number of nitrogens with one attached hydrogen (secondary N) is 1. The van der Waals surface area contributed by atoms with E-state index >= 15 is 0 Å². The number of carbonyl (C=O) groups is 1. The Hall–Kier alpha value is -2.70. The molecule has 1 amide bonds. The number of amides is 1. The van der Waals surface area contributed by atoms with Crippen molar-refractivity contribution in [1.82, 2.24) is 15.3 Å². The summed E-state index contributed by atoms with van der Waals surface area (Å²) in [6.45, 7) is 4.87. The van der Waals surface area contributed by atoms with Crippen LogP contribution in [0.15, 0.2) is 36.7 Å². The largest absolute Gasteiger partial charge is 0.494 e. The lowest BCUT2D eigenvalue weighted by Crippen LogP contribution is -2.39. The lowest BCUT2D eigenvalue weighted by atomic mass is 9.97. The van der Waals surface area contributed by atoms with Crippen molar-refractivity contribution in [2.75, 3.05) is 31.1 Å². The number of nitrogens with zero attached hydrogens (tertiary/aromatic N) is 3. The number of hydrogen-bond donors (Lipinski definition) is 1. The second kappa shape index (κ2) is 9.30. The normalized spacial score (nSPS) is 14.8. The minimum atomic E-state index is -0.427. The Morgan fingerprint density at radius 3 is 2.52 bits per heavy atom. The zero-order chi connectivity index (χ0) is 19.1. The van der Waals surface area contributed by atoms with E-state index in [9.17, 15) is 9.18 Å². The maximum absolute atomic E-state index is 12.9. The lowest BCUT2D eigenvalue weighted by Gasteiger charge is -2.31. The van der Waals surface area contributed by atoms with E-state index in [4.69, 9.17) is 4.74 Å². The van der Waals surface area contributed by atoms with E-state index < -0.39 is 5.82 Å². The number of hydrogen-bond acceptors (Lipinski definition) is 5. The van der Waals surface area contributed by atoms with E-state index in [1.165, 1.54) is 12.4 Å². The molecule has 27 heavy (non-hydrogen) atoms. The van der Waals surface area contributed by atoms with Gasteiger partial charge in [-0.15, -0.1) is 0 Å². The van der Waals surface area contributed by atoms with E-state index in [0.717, 1.165) is 37.2 Å². The highest BCUT2D eigenvalue weighted by Crippen LogP contribution is 2.20. The highest BCUT2D eigenvalue weighted by molar-refractivity contribution is 5.78. The molecule has 0 bridgehead atoms. The highest BCUT2D eigenvalue weighted by atomic mass is 19.1. The average Bonchev–Trinajstić information content (AvgIpc) is 2.69. The van der Waals surface area contributed by atoms with Gasteiger partial charge < -0.3 is 15.0 Å². The first-order chi connectivity index (χ1) is 13.1. The second-order valence-electron chi connectivity index (χ2n) is 6.69. The van der Waals surface area contributed by atoms with Gasteiger partial charge in [-0.05, 0) is 43.4 Å². The second-order valence-corrected chi connectivity index (χ2v) is 6.69. The SMILES string of the molecule is CCOc1ccc(CC(=O)NCC2CCN(c3ncc(F)cn3)CC2)cc1. The summed E-state index contributed by atoms with van der Waals surface area (Å²) in [5, 5.41) is 3.03. The van der Waals surface area contributed by atoms with Crippen LogP contribution in [0.5, 0.6) is 5.75 Å². The molecular formula is C20H25FN4O2. The Balaban J connectivity index is 1.39. The zero-order valence-electron chi connectivity index (χ0n) is 15.5. The first kappa shape index (κ1) is 19.1. The van der Waals surface area contributed by atoms with Crippen LogP contribution in [0.25, 0.3) is 0 Å². The number of anilines is 1. The van der Waals surface area contributed by atoms with Crippen molar-refractivity contribution in [1.29, 1.82) is 0 Å². The molecule has 1 aromatic heterocycles. The van der Waals surface area contributed by atoms with Gasteiger partial charge in [-0.3, -0.25) is 4.79 Å². The number of carbonyl (C=O) groups excluding carboxylic acids is 1. The number of aromatic nitrogens is 2. The van der Waals surface area contributed by atoms with E-state index in [2.05, 4.69) is 20.2 Å². The van der Waals surface area contributed by atoms with Crippen molar-refractivity contribution in [2.24, 2.45) is 5.92 Å². The summed E-state index contributed by atoms with van der Waals surface area (Å²) in [7, 11) is 0. The fourth-order valence-electron chi connectivity index (χ4n) is 3.18. The quantitative estimate of drug-likeness (QED) is 0.809. The van der Waals surface area contributed by atoms with Crippen molar-refractivity contribution in [3.05, 3.63) is 48.0 Å². The Morgan fingerprint density at radius 1 is 1.22 bits per heavy atom. The average molecular weight is 372 g/mol. The number of halogens is 1. The summed E-state index contributed by atoms with van der Waals surface area (Å²) < 4.78 is 18.3. The number of ether oxygens (including phenoxy) is 1. The third-order valence-corrected chi connectivity index (χ3v) is 4.69. The van der Waals surface area contributed by atoms with Gasteiger partial charge in [-0.2, -0.15) is 0 Å². The predicted molar refractivity (Wildman–Crippen MR) is 101 cm³/mol. The van der Waals surface area contributed by atoms with E-state index in [-0.39, 0.29) is 5.91 Å². The van der Waals surface area contributed by atoms with Gasteiger partial charge in [0.25, 0.3) is 0 Å². The van der Waals surface area contributed by atoms with Crippen molar-refractivity contribution in [3.63, 3.8) is 0 Å². The number of rotatable bonds is 7. The van der Waals surface area contributed by atoms with Gasteiger partial charge in [0.05, 0.1) is 25.4 Å². The van der Waals surface area contributed by atoms with Crippen LogP contribution in [-0.4, -0.2) is 42.1 Å². The minimum Gasteiger partial charge on any atom is -0.494 e. The molecule has 1 N–H and O–H groups in total. The van der Waals surface area contributed by atoms with Crippen molar-refractivity contribution >= 4 is 11.9 Å². The molecule has 0 radical (unpaired) electrons. The molecular weight excluding hydrogens is 347 g/mol. The molecule has 0 saturated carbocycles. The summed E-state index contributed by atoms with van der Waals surface area (Å²) in [6, 6.07) is 7.62. The van der Waals surface area contributed by atoms with Gasteiger partial charge in [0.15, 0.2) is 5.82 Å². The molecule has 2 heterocycles. The summed E-state index contributed by atoms with van der Waals surface area (Å²) >= 11 is 0. The molecule has 144 valence electrons. The maximum Gasteiger partial charge on any atom is 0.225 e. The monoisotopic (exact) mass is 372 g/mol. The molecule has 0 aliphatic carbocycles. The summed E-state index contributed by atoms with van der Waals surface area (Å²) in [5.41, 5.74) is 0.972. The van der Waals surface area contributed by atoms with Crippen LogP contribution >= 0.6 is 0 Å². The van der Waals surface area contributed by atoms with E-state index in [0.29, 0.717) is 31.4 Å². The summed E-state index contributed by atoms with van der Waals surface area (Å²) in [4.78, 5) is 22.3. The Kier molecular flexibility index (Phi) is 6.57. The summed E-state index contributed by atoms with van der Waals surface area (Å²) in [5.74, 6) is 1.42. The highest BCUT2D eigenvalue weighted by Gasteiger charge is 2.21. The molecule has 1 aromatic carbocycles. The molecule has 0 unspecified atom stereocenters. The molecule has 2 aromatic rings. The lowest BCUT2D eigenvalue weighted by molar-refractivity contribution is -0.120. The van der Waals surface area contributed by atoms with Gasteiger partial charge in [0.2, 0.25) is 11.9 Å². The van der Waals surface area contributed by atoms with Crippen molar-refractivity contribution in [2.45, 2.75) is 26.2 Å². The number of benzene rings is 1. The van der Waals surface area contributed by atoms with Gasteiger partial charge in [0, 0.05) is 19.6 Å². The van der Waals surface area contributed by atoms with E-state index in [1.54, 1.807) is 0 Å². The maximum atomic E-state index is 12.9. The topological polar surface area (TPSA) is 67.3 Å². The van der Waals surface area contributed by atoms with Crippen LogP contribution in [0.1, 0.15) is 25.3 Å². The molecule has 1 fully saturated rings. The van der Waals surface area contributed by atoms with Crippen LogP contribution in [0, 0.1) is 11.7 Å². The first-order valence-electron chi connectivity index (χ1n) is 9.35. The van der Waals surface area contributed by atoms with Crippen LogP contribution < -0.4 is 15.0 Å². The van der Waals surface area contributed by atoms with E-state index in [1.807, 2.05) is 31.2 Å². The fourth-order valence-corrected chi connectivity index (χ4v) is 3.18. The number of piperidine rings is 1. The molecule has 0 spiro atoms. The summed E-state index contributed by atoms with van der Waals surface area (Å²) in [6.07, 6.45) is 4.65. The smallest absolute Gasteiger partial charge is 0.225 e. The predicted octanol–water partition coefficient (Wildman–Crippen LogP) is 2.59. The van der Waals surface area contributed by atoms with Crippen LogP contribution in [0.4, 0.5) is 10.3 Å². The molecule has 1 saturated heterocycles. The Bertz CT molecular complexity index is 729. The van der Waals surface area contributed by atoms with Crippen LogP contribution in [0.2, 0.25) is 0 Å². The minimum absolute atomic E-state index is 0.0310. The molecule has 6 nitrogen and oxygen atoms in total. The van der Waals surface area contributed by atoms with Crippen LogP contribution in [-0.2, 0) is 11.2 Å². The van der Waals surface area contributed by atoms with Gasteiger partial charge in [-0.1, -0.05) is 12.1 Å². The van der Waals surface area contributed by atoms with Crippen molar-refractivity contribution < 1.29 is 13.9 Å². The van der Waals surface area contributed by atoms with Gasteiger partial charge in [0.1, 0.15) is 5.75 Å². The van der Waals surface area contributed by atoms with Gasteiger partial charge in [-0.25, -0.2) is 14.4 Å². The Morgan fingerprint density at radius 2 is 1.89 bits per heavy atom. The third-order valence-electron chi connectivity index (χ3n) is 4.69. The standard InChI is InChI=1S/C20H25FN4O2/c1-2-27-18-5-3-15(4-6-18)11-19(26)22-12-16-7-9-25(10-8-16)20-23-13-17(21)14-24-20/h3-6,13-14,16H,2,7-12H2,1H3,(H,22,26). The zero-order valence-corrected chi connectivity index (χ0v) is 15.5. The van der Waals surface area contributed by atoms with Crippen LogP contribution in [0.3, 0.4) is 0 Å². The third kappa shape index (κ3) is 5.64. The first-order valence-corrected chi connectivity index (χ1v) is 9.35.